The van der Waals surface area contributed by atoms with Gasteiger partial charge in [-0.05, 0) is 13.8 Å². The summed E-state index contributed by atoms with van der Waals surface area (Å²) >= 11 is 0. The van der Waals surface area contributed by atoms with E-state index in [0.717, 1.165) is 0 Å². The van der Waals surface area contributed by atoms with Gasteiger partial charge >= 0.3 is 0 Å². The molecule has 12 heavy (non-hydrogen) atoms. The molecule has 0 aromatic carbocycles. The third-order valence-corrected chi connectivity index (χ3v) is 1.14. The average Bonchev–Trinajstić information content (AvgIpc) is 2.07. The molecule has 4 nitrogen and oxygen atoms in total. The average molecular weight is 171 g/mol. The van der Waals surface area contributed by atoms with Gasteiger partial charge in [0.25, 0.3) is 5.70 Å². The van der Waals surface area contributed by atoms with Crippen LogP contribution in [0.25, 0.3) is 4.85 Å². The summed E-state index contributed by atoms with van der Waals surface area (Å²) in [5, 5.41) is 8.61. The molecule has 0 rings (SSSR count). The summed E-state index contributed by atoms with van der Waals surface area (Å²) in [7, 11) is 0. The second kappa shape index (κ2) is 6.65. The summed E-state index contributed by atoms with van der Waals surface area (Å²) in [6.45, 7) is 11.2. The molecule has 0 aliphatic carbocycles. The van der Waals surface area contributed by atoms with Crippen LogP contribution in [0.5, 0.6) is 0 Å². The van der Waals surface area contributed by atoms with Gasteiger partial charge in [0.1, 0.15) is 0 Å². The highest BCUT2D eigenvalue weighted by Gasteiger charge is 2.14. The molecule has 0 bridgehead atoms. The van der Waals surface area contributed by atoms with Crippen LogP contribution < -0.4 is 0 Å². The van der Waals surface area contributed by atoms with E-state index in [4.69, 9.17) is 21.2 Å². The molecule has 0 aliphatic rings. The zero-order valence-electron chi connectivity index (χ0n) is 7.28. The van der Waals surface area contributed by atoms with Gasteiger partial charge in [-0.3, -0.25) is 0 Å². The fourth-order valence-electron chi connectivity index (χ4n) is 0.664. The molecule has 4 heteroatoms. The largest absolute Gasteiger partial charge is 0.527 e. The van der Waals surface area contributed by atoms with Gasteiger partial charge < -0.3 is 14.6 Å². The number of nitrogens with zero attached hydrogens (tertiary/aromatic N) is 1. The first-order chi connectivity index (χ1) is 5.79. The normalized spacial score (nSPS) is 11.7. The maximum absolute atomic E-state index is 8.61. The molecule has 1 N–H and O–H groups in total. The minimum absolute atomic E-state index is 0.0682. The third kappa shape index (κ3) is 3.37. The molecule has 68 valence electrons. The van der Waals surface area contributed by atoms with Crippen LogP contribution in [0.4, 0.5) is 0 Å². The second-order valence-corrected chi connectivity index (χ2v) is 1.91. The Morgan fingerprint density at radius 2 is 2.00 bits per heavy atom. The van der Waals surface area contributed by atoms with Crippen molar-refractivity contribution in [1.82, 2.24) is 0 Å². The number of hydrogen-bond acceptors (Lipinski definition) is 3. The first kappa shape index (κ1) is 11.0. The highest BCUT2D eigenvalue weighted by Crippen LogP contribution is 2.09. The van der Waals surface area contributed by atoms with Crippen molar-refractivity contribution < 1.29 is 14.6 Å². The second-order valence-electron chi connectivity index (χ2n) is 1.91. The molecule has 0 unspecified atom stereocenters. The zero-order chi connectivity index (χ0) is 9.40. The van der Waals surface area contributed by atoms with E-state index in [1.54, 1.807) is 13.8 Å². The zero-order valence-corrected chi connectivity index (χ0v) is 7.28. The third-order valence-electron chi connectivity index (χ3n) is 1.14. The maximum atomic E-state index is 8.61. The summed E-state index contributed by atoms with van der Waals surface area (Å²) in [6, 6.07) is 0. The summed E-state index contributed by atoms with van der Waals surface area (Å²) in [5.41, 5.74) is 0.0682. The molecule has 0 heterocycles. The van der Waals surface area contributed by atoms with Crippen LogP contribution in [0.2, 0.25) is 0 Å². The van der Waals surface area contributed by atoms with Crippen molar-refractivity contribution in [3.8, 4) is 0 Å². The quantitative estimate of drug-likeness (QED) is 0.389. The number of hydrogen-bond donors (Lipinski definition) is 1. The van der Waals surface area contributed by atoms with Crippen LogP contribution in [0.15, 0.2) is 12.0 Å². The lowest BCUT2D eigenvalue weighted by atomic mass is 10.5. The van der Waals surface area contributed by atoms with Gasteiger partial charge in [-0.15, -0.1) is 0 Å². The first-order valence-electron chi connectivity index (χ1n) is 3.75. The minimum atomic E-state index is -0.734. The lowest BCUT2D eigenvalue weighted by molar-refractivity contribution is -0.110. The van der Waals surface area contributed by atoms with E-state index in [0.29, 0.717) is 19.5 Å². The van der Waals surface area contributed by atoms with Gasteiger partial charge in [-0.2, -0.15) is 0 Å². The highest BCUT2D eigenvalue weighted by atomic mass is 16.7. The van der Waals surface area contributed by atoms with Gasteiger partial charge in [0.05, 0.1) is 12.8 Å². The van der Waals surface area contributed by atoms with Crippen LogP contribution in [0.1, 0.15) is 13.8 Å². The van der Waals surface area contributed by atoms with Crippen molar-refractivity contribution in [3.05, 3.63) is 23.4 Å². The fourth-order valence-corrected chi connectivity index (χ4v) is 0.664. The van der Waals surface area contributed by atoms with Crippen LogP contribution in [0, 0.1) is 6.57 Å². The molecule has 0 aliphatic heterocycles. The van der Waals surface area contributed by atoms with E-state index < -0.39 is 6.29 Å². The van der Waals surface area contributed by atoms with E-state index in [1.807, 2.05) is 0 Å². The SMILES string of the molecule is [C-]#[N+]/C(=C/O)C(OCC)OCC. The van der Waals surface area contributed by atoms with Crippen LogP contribution in [0.3, 0.4) is 0 Å². The van der Waals surface area contributed by atoms with Crippen LogP contribution in [-0.2, 0) is 9.47 Å². The number of aliphatic hydroxyl groups excluding tert-OH is 1. The summed E-state index contributed by atoms with van der Waals surface area (Å²) in [4.78, 5) is 3.06. The predicted molar refractivity (Wildman–Crippen MR) is 44.4 cm³/mol. The van der Waals surface area contributed by atoms with Crippen molar-refractivity contribution in [2.24, 2.45) is 0 Å². The maximum Gasteiger partial charge on any atom is 0.252 e. The standard InChI is InChI=1S/C8H13NO3/c1-4-11-8(12-5-2)7(6-10)9-3/h6,8,10H,4-5H2,1-2H3/b7-6+. The summed E-state index contributed by atoms with van der Waals surface area (Å²) in [6.07, 6.45) is -0.0225. The van der Waals surface area contributed by atoms with Crippen molar-refractivity contribution in [1.29, 1.82) is 0 Å². The molecule has 0 fully saturated rings. The fraction of sp³-hybridized carbons (Fsp3) is 0.625. The van der Waals surface area contributed by atoms with Crippen LogP contribution >= 0.6 is 0 Å². The topological polar surface area (TPSA) is 43.0 Å². The van der Waals surface area contributed by atoms with Crippen molar-refractivity contribution >= 4 is 0 Å². The Bertz CT molecular complexity index is 177. The minimum Gasteiger partial charge on any atom is -0.527 e. The number of rotatable bonds is 5. The Morgan fingerprint density at radius 1 is 1.50 bits per heavy atom. The highest BCUT2D eigenvalue weighted by molar-refractivity contribution is 5.09. The Kier molecular flexibility index (Phi) is 6.07. The lowest BCUT2D eigenvalue weighted by Crippen LogP contribution is -2.18. The molecular weight excluding hydrogens is 158 g/mol. The molecule has 0 saturated heterocycles. The first-order valence-corrected chi connectivity index (χ1v) is 3.75. The molecule has 0 atom stereocenters. The van der Waals surface area contributed by atoms with E-state index in [9.17, 15) is 0 Å². The van der Waals surface area contributed by atoms with E-state index in [1.165, 1.54) is 0 Å². The van der Waals surface area contributed by atoms with Gasteiger partial charge in [0, 0.05) is 13.2 Å². The smallest absolute Gasteiger partial charge is 0.252 e. The Labute approximate surface area is 72.2 Å². The lowest BCUT2D eigenvalue weighted by Gasteiger charge is -2.14. The summed E-state index contributed by atoms with van der Waals surface area (Å²) < 4.78 is 10.1. The van der Waals surface area contributed by atoms with E-state index in [2.05, 4.69) is 4.85 Å². The number of ether oxygens (including phenoxy) is 2. The van der Waals surface area contributed by atoms with Gasteiger partial charge in [0.2, 0.25) is 0 Å². The van der Waals surface area contributed by atoms with Crippen molar-refractivity contribution in [2.75, 3.05) is 13.2 Å². The van der Waals surface area contributed by atoms with Gasteiger partial charge in [-0.25, -0.2) is 4.85 Å². The summed E-state index contributed by atoms with van der Waals surface area (Å²) in [5.74, 6) is 0. The molecule has 0 radical (unpaired) electrons. The van der Waals surface area contributed by atoms with E-state index in [-0.39, 0.29) is 5.70 Å². The van der Waals surface area contributed by atoms with Crippen molar-refractivity contribution in [2.45, 2.75) is 20.1 Å². The Morgan fingerprint density at radius 3 is 2.25 bits per heavy atom. The van der Waals surface area contributed by atoms with Crippen LogP contribution in [-0.4, -0.2) is 24.6 Å². The van der Waals surface area contributed by atoms with Gasteiger partial charge in [0.15, 0.2) is 6.29 Å². The molecule has 0 saturated carbocycles. The predicted octanol–water partition coefficient (Wildman–Crippen LogP) is 1.70. The Hall–Kier alpha value is -1.05. The monoisotopic (exact) mass is 171 g/mol. The molecule has 0 spiro atoms. The molecule has 0 aromatic heterocycles. The van der Waals surface area contributed by atoms with Gasteiger partial charge in [-0.1, -0.05) is 0 Å². The van der Waals surface area contributed by atoms with Crippen molar-refractivity contribution in [3.63, 3.8) is 0 Å². The van der Waals surface area contributed by atoms with E-state index >= 15 is 0 Å². The molecule has 0 aromatic rings. The molecular formula is C8H13NO3. The Balaban J connectivity index is 4.18. The molecule has 0 amide bonds. The number of aliphatic hydroxyl groups is 1.